The minimum atomic E-state index is -0.448. The first-order chi connectivity index (χ1) is 7.22. The molecule has 0 aliphatic carbocycles. The Hall–Kier alpha value is -0.910. The molecular weight excluding hydrogens is 194 g/mol. The third-order valence-corrected chi connectivity index (χ3v) is 2.14. The second-order valence-electron chi connectivity index (χ2n) is 3.83. The molecule has 1 aromatic rings. The Bertz CT molecular complexity index is 251. The van der Waals surface area contributed by atoms with Gasteiger partial charge in [0.05, 0.1) is 12.6 Å². The van der Waals surface area contributed by atoms with Crippen molar-refractivity contribution in [1.82, 2.24) is 15.1 Å². The van der Waals surface area contributed by atoms with Gasteiger partial charge in [-0.25, -0.2) is 0 Å². The fourth-order valence-corrected chi connectivity index (χ4v) is 1.25. The maximum Gasteiger partial charge on any atom is 0.0860 e. The van der Waals surface area contributed by atoms with E-state index in [1.807, 2.05) is 19.2 Å². The van der Waals surface area contributed by atoms with E-state index in [2.05, 4.69) is 10.4 Å². The summed E-state index contributed by atoms with van der Waals surface area (Å²) >= 11 is 0. The van der Waals surface area contributed by atoms with E-state index in [0.717, 1.165) is 0 Å². The van der Waals surface area contributed by atoms with Gasteiger partial charge in [-0.3, -0.25) is 4.68 Å². The Morgan fingerprint density at radius 1 is 1.47 bits per heavy atom. The van der Waals surface area contributed by atoms with Crippen LogP contribution in [0, 0.1) is 5.92 Å². The first-order valence-corrected chi connectivity index (χ1v) is 5.19. The summed E-state index contributed by atoms with van der Waals surface area (Å²) in [6.45, 7) is 3.85. The lowest BCUT2D eigenvalue weighted by Gasteiger charge is -2.14. The van der Waals surface area contributed by atoms with Crippen LogP contribution < -0.4 is 5.32 Å². The zero-order valence-electron chi connectivity index (χ0n) is 9.00. The molecule has 5 heteroatoms. The van der Waals surface area contributed by atoms with Crippen LogP contribution in [0.4, 0.5) is 0 Å². The molecule has 0 aliphatic rings. The summed E-state index contributed by atoms with van der Waals surface area (Å²) in [5.74, 6) is 0.224. The molecule has 0 aliphatic heterocycles. The third kappa shape index (κ3) is 4.92. The van der Waals surface area contributed by atoms with Gasteiger partial charge in [-0.05, 0) is 18.5 Å². The maximum absolute atomic E-state index is 9.62. The van der Waals surface area contributed by atoms with Crippen molar-refractivity contribution in [3.8, 4) is 0 Å². The molecule has 2 unspecified atom stereocenters. The summed E-state index contributed by atoms with van der Waals surface area (Å²) in [7, 11) is 0. The van der Waals surface area contributed by atoms with E-state index in [1.165, 1.54) is 0 Å². The molecule has 2 atom stereocenters. The summed E-state index contributed by atoms with van der Waals surface area (Å²) in [5.41, 5.74) is 0. The van der Waals surface area contributed by atoms with E-state index in [1.54, 1.807) is 10.9 Å². The average Bonchev–Trinajstić information content (AvgIpc) is 2.70. The number of rotatable bonds is 7. The van der Waals surface area contributed by atoms with E-state index < -0.39 is 6.10 Å². The van der Waals surface area contributed by atoms with Crippen LogP contribution in [-0.4, -0.2) is 45.8 Å². The van der Waals surface area contributed by atoms with Gasteiger partial charge in [-0.15, -0.1) is 0 Å². The predicted octanol–water partition coefficient (Wildman–Crippen LogP) is -0.538. The third-order valence-electron chi connectivity index (χ3n) is 2.14. The van der Waals surface area contributed by atoms with Crippen LogP contribution in [0.1, 0.15) is 6.92 Å². The highest BCUT2D eigenvalue weighted by atomic mass is 16.3. The SMILES string of the molecule is CC(CO)CNCC(O)Cn1cccn1. The second-order valence-corrected chi connectivity index (χ2v) is 3.83. The lowest BCUT2D eigenvalue weighted by atomic mass is 10.2. The number of nitrogens with one attached hydrogen (secondary N) is 1. The maximum atomic E-state index is 9.62. The molecule has 1 rings (SSSR count). The molecule has 0 aromatic carbocycles. The molecule has 0 saturated heterocycles. The molecule has 1 heterocycles. The number of hydrogen-bond donors (Lipinski definition) is 3. The van der Waals surface area contributed by atoms with Gasteiger partial charge in [-0.2, -0.15) is 5.10 Å². The molecule has 0 bridgehead atoms. The van der Waals surface area contributed by atoms with Gasteiger partial charge in [0.1, 0.15) is 0 Å². The van der Waals surface area contributed by atoms with Gasteiger partial charge in [0.15, 0.2) is 0 Å². The van der Waals surface area contributed by atoms with Crippen LogP contribution >= 0.6 is 0 Å². The second kappa shape index (κ2) is 6.55. The lowest BCUT2D eigenvalue weighted by Crippen LogP contribution is -2.33. The Morgan fingerprint density at radius 2 is 2.27 bits per heavy atom. The van der Waals surface area contributed by atoms with E-state index in [4.69, 9.17) is 5.11 Å². The molecule has 0 saturated carbocycles. The summed E-state index contributed by atoms with van der Waals surface area (Å²) in [6.07, 6.45) is 3.06. The van der Waals surface area contributed by atoms with Crippen LogP contribution in [-0.2, 0) is 6.54 Å². The van der Waals surface area contributed by atoms with Crippen molar-refractivity contribution in [2.24, 2.45) is 5.92 Å². The summed E-state index contributed by atoms with van der Waals surface area (Å²) < 4.78 is 1.70. The number of hydrogen-bond acceptors (Lipinski definition) is 4. The number of aromatic nitrogens is 2. The summed E-state index contributed by atoms with van der Waals surface area (Å²) in [6, 6.07) is 1.83. The first-order valence-electron chi connectivity index (χ1n) is 5.19. The normalized spacial score (nSPS) is 15.1. The van der Waals surface area contributed by atoms with Gasteiger partial charge in [0.2, 0.25) is 0 Å². The monoisotopic (exact) mass is 213 g/mol. The zero-order valence-corrected chi connectivity index (χ0v) is 9.00. The van der Waals surface area contributed by atoms with Gasteiger partial charge in [-0.1, -0.05) is 6.92 Å². The zero-order chi connectivity index (χ0) is 11.1. The van der Waals surface area contributed by atoms with E-state index in [0.29, 0.717) is 19.6 Å². The van der Waals surface area contributed by atoms with Crippen molar-refractivity contribution in [1.29, 1.82) is 0 Å². The quantitative estimate of drug-likeness (QED) is 0.569. The van der Waals surface area contributed by atoms with Gasteiger partial charge in [0, 0.05) is 25.5 Å². The highest BCUT2D eigenvalue weighted by Crippen LogP contribution is 1.92. The Balaban J connectivity index is 2.11. The van der Waals surface area contributed by atoms with Crippen LogP contribution in [0.15, 0.2) is 18.5 Å². The molecule has 3 N–H and O–H groups in total. The molecule has 0 spiro atoms. The van der Waals surface area contributed by atoms with E-state index in [9.17, 15) is 5.11 Å². The Kier molecular flexibility index (Phi) is 5.31. The first kappa shape index (κ1) is 12.2. The van der Waals surface area contributed by atoms with Crippen LogP contribution in [0.25, 0.3) is 0 Å². The molecule has 1 aromatic heterocycles. The Morgan fingerprint density at radius 3 is 2.87 bits per heavy atom. The van der Waals surface area contributed by atoms with Crippen molar-refractivity contribution in [2.45, 2.75) is 19.6 Å². The van der Waals surface area contributed by atoms with Crippen LogP contribution in [0.2, 0.25) is 0 Å². The van der Waals surface area contributed by atoms with Crippen molar-refractivity contribution in [3.05, 3.63) is 18.5 Å². The molecule has 0 radical (unpaired) electrons. The lowest BCUT2D eigenvalue weighted by molar-refractivity contribution is 0.143. The van der Waals surface area contributed by atoms with E-state index in [-0.39, 0.29) is 12.5 Å². The molecule has 0 fully saturated rings. The van der Waals surface area contributed by atoms with Gasteiger partial charge in [0.25, 0.3) is 0 Å². The fraction of sp³-hybridized carbons (Fsp3) is 0.700. The van der Waals surface area contributed by atoms with Crippen molar-refractivity contribution < 1.29 is 10.2 Å². The fourth-order valence-electron chi connectivity index (χ4n) is 1.25. The summed E-state index contributed by atoms with van der Waals surface area (Å²) in [4.78, 5) is 0. The predicted molar refractivity (Wildman–Crippen MR) is 57.4 cm³/mol. The minimum Gasteiger partial charge on any atom is -0.396 e. The van der Waals surface area contributed by atoms with Crippen LogP contribution in [0.3, 0.4) is 0 Å². The molecule has 86 valence electrons. The van der Waals surface area contributed by atoms with E-state index >= 15 is 0 Å². The van der Waals surface area contributed by atoms with Crippen molar-refractivity contribution in [2.75, 3.05) is 19.7 Å². The van der Waals surface area contributed by atoms with Crippen molar-refractivity contribution in [3.63, 3.8) is 0 Å². The number of nitrogens with zero attached hydrogens (tertiary/aromatic N) is 2. The smallest absolute Gasteiger partial charge is 0.0860 e. The van der Waals surface area contributed by atoms with Crippen LogP contribution in [0.5, 0.6) is 0 Å². The Labute approximate surface area is 89.7 Å². The standard InChI is InChI=1S/C10H19N3O2/c1-9(8-14)5-11-6-10(15)7-13-4-2-3-12-13/h2-4,9-11,14-15H,5-8H2,1H3. The molecule has 15 heavy (non-hydrogen) atoms. The van der Waals surface area contributed by atoms with Gasteiger partial charge >= 0.3 is 0 Å². The molecular formula is C10H19N3O2. The number of aliphatic hydroxyl groups is 2. The highest BCUT2D eigenvalue weighted by Gasteiger charge is 2.05. The molecule has 0 amide bonds. The topological polar surface area (TPSA) is 70.3 Å². The number of aliphatic hydroxyl groups excluding tert-OH is 2. The van der Waals surface area contributed by atoms with Gasteiger partial charge < -0.3 is 15.5 Å². The van der Waals surface area contributed by atoms with Crippen molar-refractivity contribution >= 4 is 0 Å². The minimum absolute atomic E-state index is 0.169. The highest BCUT2D eigenvalue weighted by molar-refractivity contribution is 4.78. The largest absolute Gasteiger partial charge is 0.396 e. The molecule has 5 nitrogen and oxygen atoms in total. The summed E-state index contributed by atoms with van der Waals surface area (Å²) in [5, 5.41) is 25.5. The average molecular weight is 213 g/mol.